The van der Waals surface area contributed by atoms with Crippen LogP contribution in [0, 0.1) is 28.6 Å². The van der Waals surface area contributed by atoms with Gasteiger partial charge in [-0.05, 0) is 50.0 Å². The number of likely N-dealkylation sites (tertiary alicyclic amines) is 1. The average molecular weight is 439 g/mol. The van der Waals surface area contributed by atoms with Crippen molar-refractivity contribution in [3.05, 3.63) is 28.8 Å². The van der Waals surface area contributed by atoms with Crippen LogP contribution in [0.1, 0.15) is 63.4 Å². The minimum Gasteiger partial charge on any atom is -0.369 e. The second-order valence-electron chi connectivity index (χ2n) is 9.75. The van der Waals surface area contributed by atoms with Crippen molar-refractivity contribution in [2.45, 2.75) is 57.8 Å². The quantitative estimate of drug-likeness (QED) is 0.718. The Morgan fingerprint density at radius 1 is 1.26 bits per heavy atom. The molecule has 0 unspecified atom stereocenters. The molecule has 3 fully saturated rings. The molecular weight excluding hydrogens is 410 g/mol. The van der Waals surface area contributed by atoms with E-state index in [-0.39, 0.29) is 11.8 Å². The Balaban J connectivity index is 1.35. The van der Waals surface area contributed by atoms with E-state index >= 15 is 0 Å². The molecule has 6 nitrogen and oxygen atoms in total. The summed E-state index contributed by atoms with van der Waals surface area (Å²) in [6.45, 7) is 1.98. The predicted molar refractivity (Wildman–Crippen MR) is 120 cm³/mol. The zero-order valence-electron chi connectivity index (χ0n) is 17.8. The molecule has 2 aliphatic carbocycles. The van der Waals surface area contributed by atoms with Gasteiger partial charge in [-0.15, -0.1) is 0 Å². The van der Waals surface area contributed by atoms with Crippen LogP contribution in [0.15, 0.2) is 23.3 Å². The molecule has 0 aromatic heterocycles. The van der Waals surface area contributed by atoms with E-state index in [0.717, 1.165) is 56.7 Å². The Labute approximate surface area is 188 Å². The number of amides is 1. The largest absolute Gasteiger partial charge is 0.369 e. The number of hydrogen-bond acceptors (Lipinski definition) is 4. The van der Waals surface area contributed by atoms with E-state index in [0.29, 0.717) is 21.9 Å². The molecule has 2 N–H and O–H groups in total. The number of amidine groups is 1. The molecule has 7 heteroatoms. The number of carbonyl (C=O) groups is 1. The van der Waals surface area contributed by atoms with Crippen molar-refractivity contribution < 1.29 is 9.48 Å². The van der Waals surface area contributed by atoms with E-state index in [2.05, 4.69) is 15.7 Å². The normalized spacial score (nSPS) is 23.7. The molecule has 2 heterocycles. The van der Waals surface area contributed by atoms with E-state index < -0.39 is 0 Å². The number of hydrazone groups is 1. The van der Waals surface area contributed by atoms with E-state index in [9.17, 15) is 10.1 Å². The highest BCUT2D eigenvalue weighted by atomic mass is 35.5. The SMILES string of the molecule is N#Cc1ccc([N+]2=C(C3CCCC3)CC(N3CCC4(CC3)CC(C(N)=O)C4)=N2)cc1Cl. The number of carbonyl (C=O) groups excluding carboxylic acids is 1. The molecule has 1 aromatic rings. The summed E-state index contributed by atoms with van der Waals surface area (Å²) >= 11 is 6.34. The molecular formula is C24H29ClN5O+. The van der Waals surface area contributed by atoms with Gasteiger partial charge in [0, 0.05) is 42.2 Å². The highest BCUT2D eigenvalue weighted by molar-refractivity contribution is 6.31. The van der Waals surface area contributed by atoms with Crippen LogP contribution in [0.5, 0.6) is 0 Å². The molecule has 4 aliphatic rings. The number of nitrogens with zero attached hydrogens (tertiary/aromatic N) is 4. The van der Waals surface area contributed by atoms with Gasteiger partial charge in [-0.3, -0.25) is 4.79 Å². The number of halogens is 1. The number of nitriles is 1. The van der Waals surface area contributed by atoms with Gasteiger partial charge in [0.05, 0.1) is 17.0 Å². The van der Waals surface area contributed by atoms with Crippen molar-refractivity contribution in [1.82, 2.24) is 4.90 Å². The van der Waals surface area contributed by atoms with Crippen molar-refractivity contribution in [1.29, 1.82) is 5.26 Å². The maximum absolute atomic E-state index is 11.4. The van der Waals surface area contributed by atoms with Crippen LogP contribution in [0.25, 0.3) is 0 Å². The molecule has 1 aromatic carbocycles. The van der Waals surface area contributed by atoms with E-state index in [1.165, 1.54) is 31.4 Å². The zero-order chi connectivity index (χ0) is 21.6. The summed E-state index contributed by atoms with van der Waals surface area (Å²) in [5.74, 6) is 1.65. The fraction of sp³-hybridized carbons (Fsp3) is 0.583. The van der Waals surface area contributed by atoms with Crippen LogP contribution >= 0.6 is 11.6 Å². The van der Waals surface area contributed by atoms with Gasteiger partial charge in [0.25, 0.3) is 0 Å². The molecule has 5 rings (SSSR count). The van der Waals surface area contributed by atoms with Gasteiger partial charge >= 0.3 is 0 Å². The van der Waals surface area contributed by atoms with Gasteiger partial charge in [-0.25, -0.2) is 0 Å². The fourth-order valence-corrected chi connectivity index (χ4v) is 6.20. The van der Waals surface area contributed by atoms with Crippen LogP contribution in [0.3, 0.4) is 0 Å². The van der Waals surface area contributed by atoms with Gasteiger partial charge in [0.1, 0.15) is 6.07 Å². The zero-order valence-corrected chi connectivity index (χ0v) is 18.6. The molecule has 1 amide bonds. The van der Waals surface area contributed by atoms with E-state index in [1.54, 1.807) is 6.07 Å². The van der Waals surface area contributed by atoms with Gasteiger partial charge in [0.15, 0.2) is 5.84 Å². The Kier molecular flexibility index (Phi) is 5.26. The summed E-state index contributed by atoms with van der Waals surface area (Å²) < 4.78 is 2.09. The lowest BCUT2D eigenvalue weighted by atomic mass is 9.57. The Morgan fingerprint density at radius 2 is 1.97 bits per heavy atom. The summed E-state index contributed by atoms with van der Waals surface area (Å²) in [6.07, 6.45) is 10.0. The van der Waals surface area contributed by atoms with E-state index in [1.807, 2.05) is 12.1 Å². The first kappa shape index (κ1) is 20.5. The molecule has 1 saturated heterocycles. The van der Waals surface area contributed by atoms with Crippen LogP contribution in [-0.2, 0) is 4.79 Å². The monoisotopic (exact) mass is 438 g/mol. The Bertz CT molecular complexity index is 1000. The lowest BCUT2D eigenvalue weighted by molar-refractivity contribution is -0.445. The second kappa shape index (κ2) is 7.94. The fourth-order valence-electron chi connectivity index (χ4n) is 5.99. The van der Waals surface area contributed by atoms with Crippen LogP contribution < -0.4 is 5.73 Å². The molecule has 0 radical (unpaired) electrons. The number of primary amides is 1. The number of nitrogens with two attached hydrogens (primary N) is 1. The minimum absolute atomic E-state index is 0.0781. The van der Waals surface area contributed by atoms with Gasteiger partial charge < -0.3 is 10.6 Å². The number of benzene rings is 1. The third kappa shape index (κ3) is 3.74. The topological polar surface area (TPSA) is 85.5 Å². The van der Waals surface area contributed by atoms with Crippen molar-refractivity contribution in [2.24, 2.45) is 28.1 Å². The van der Waals surface area contributed by atoms with Crippen LogP contribution in [-0.4, -0.2) is 40.1 Å². The smallest absolute Gasteiger partial charge is 0.239 e. The number of rotatable bonds is 3. The summed E-state index contributed by atoms with van der Waals surface area (Å²) in [4.78, 5) is 13.9. The van der Waals surface area contributed by atoms with E-state index in [4.69, 9.17) is 22.4 Å². The maximum atomic E-state index is 11.4. The Morgan fingerprint density at radius 3 is 2.58 bits per heavy atom. The standard InChI is InChI=1S/C24H28ClN5O/c25-20-11-19(6-5-17(20)15-26)30-21(16-3-1-2-4-16)12-22(28-30)29-9-7-24(8-10-29)13-18(14-24)23(27)31/h5-6,11,16,18H,1-4,7-10,12-14H2,(H-,27,31)/p+1. The molecule has 1 spiro atoms. The molecule has 31 heavy (non-hydrogen) atoms. The lowest BCUT2D eigenvalue weighted by Crippen LogP contribution is -2.51. The predicted octanol–water partition coefficient (Wildman–Crippen LogP) is 4.18. The van der Waals surface area contributed by atoms with Gasteiger partial charge in [-0.1, -0.05) is 29.1 Å². The summed E-state index contributed by atoms with van der Waals surface area (Å²) in [5.41, 5.74) is 8.60. The second-order valence-corrected chi connectivity index (χ2v) is 10.2. The highest BCUT2D eigenvalue weighted by Gasteiger charge is 2.49. The molecule has 0 atom stereocenters. The molecule has 2 saturated carbocycles. The molecule has 0 bridgehead atoms. The summed E-state index contributed by atoms with van der Waals surface area (Å²) in [5, 5.41) is 14.8. The third-order valence-corrected chi connectivity index (χ3v) is 8.23. The summed E-state index contributed by atoms with van der Waals surface area (Å²) in [7, 11) is 0. The number of piperidine rings is 1. The first-order valence-corrected chi connectivity index (χ1v) is 11.8. The first-order chi connectivity index (χ1) is 15.0. The first-order valence-electron chi connectivity index (χ1n) is 11.5. The van der Waals surface area contributed by atoms with Crippen LogP contribution in [0.4, 0.5) is 5.69 Å². The third-order valence-electron chi connectivity index (χ3n) is 7.92. The van der Waals surface area contributed by atoms with Crippen molar-refractivity contribution in [2.75, 3.05) is 13.1 Å². The Hall–Kier alpha value is -2.39. The lowest BCUT2D eigenvalue weighted by Gasteiger charge is -2.51. The van der Waals surface area contributed by atoms with Gasteiger partial charge in [0.2, 0.25) is 17.3 Å². The average Bonchev–Trinajstić information content (AvgIpc) is 3.41. The van der Waals surface area contributed by atoms with Crippen molar-refractivity contribution >= 4 is 34.7 Å². The minimum atomic E-state index is -0.138. The summed E-state index contributed by atoms with van der Waals surface area (Å²) in [6, 6.07) is 7.74. The maximum Gasteiger partial charge on any atom is 0.239 e. The van der Waals surface area contributed by atoms with Crippen LogP contribution in [0.2, 0.25) is 5.02 Å². The van der Waals surface area contributed by atoms with Crippen molar-refractivity contribution in [3.63, 3.8) is 0 Å². The number of hydrogen-bond donors (Lipinski definition) is 1. The highest BCUT2D eigenvalue weighted by Crippen LogP contribution is 2.52. The molecule has 2 aliphatic heterocycles. The molecule has 162 valence electrons. The van der Waals surface area contributed by atoms with Gasteiger partial charge in [-0.2, -0.15) is 5.26 Å². The van der Waals surface area contributed by atoms with Crippen molar-refractivity contribution in [3.8, 4) is 6.07 Å².